The molecule has 1 atom stereocenters. The number of aryl methyl sites for hydroxylation is 1. The molecule has 3 rings (SSSR count). The number of urea groups is 1. The summed E-state index contributed by atoms with van der Waals surface area (Å²) in [5.74, 6) is 0.495. The van der Waals surface area contributed by atoms with Crippen LogP contribution in [0, 0.1) is 0 Å². The molecule has 8 nitrogen and oxygen atoms in total. The standard InChI is InChI=1S/C16H19N3O5/c1-16(14(21)19(15(22)18-16)7-5-13(17)20)6-4-10-2-3-11-12(8-10)24-9-23-11/h2-3,8H,4-7,9H2,1H3,(H2,17,20)(H,18,22)/t16-/m0/s1. The topological polar surface area (TPSA) is 111 Å². The van der Waals surface area contributed by atoms with Gasteiger partial charge in [-0.15, -0.1) is 0 Å². The Balaban J connectivity index is 1.65. The maximum absolute atomic E-state index is 12.5. The quantitative estimate of drug-likeness (QED) is 0.738. The highest BCUT2D eigenvalue weighted by Crippen LogP contribution is 2.33. The van der Waals surface area contributed by atoms with Gasteiger partial charge in [0.2, 0.25) is 12.7 Å². The molecule has 0 bridgehead atoms. The molecule has 8 heteroatoms. The Labute approximate surface area is 138 Å². The van der Waals surface area contributed by atoms with E-state index in [1.807, 2.05) is 18.2 Å². The monoisotopic (exact) mass is 333 g/mol. The van der Waals surface area contributed by atoms with Gasteiger partial charge in [0.25, 0.3) is 5.91 Å². The molecule has 128 valence electrons. The van der Waals surface area contributed by atoms with E-state index in [9.17, 15) is 14.4 Å². The van der Waals surface area contributed by atoms with Crippen LogP contribution in [0.15, 0.2) is 18.2 Å². The van der Waals surface area contributed by atoms with Crippen molar-refractivity contribution in [2.75, 3.05) is 13.3 Å². The molecule has 24 heavy (non-hydrogen) atoms. The Bertz CT molecular complexity index is 705. The summed E-state index contributed by atoms with van der Waals surface area (Å²) in [5.41, 5.74) is 5.07. The first kappa shape index (κ1) is 16.1. The summed E-state index contributed by atoms with van der Waals surface area (Å²) in [6.07, 6.45) is 0.977. The van der Waals surface area contributed by atoms with Crippen LogP contribution in [0.3, 0.4) is 0 Å². The van der Waals surface area contributed by atoms with Crippen molar-refractivity contribution < 1.29 is 23.9 Å². The summed E-state index contributed by atoms with van der Waals surface area (Å²) >= 11 is 0. The van der Waals surface area contributed by atoms with Crippen molar-refractivity contribution in [1.82, 2.24) is 10.2 Å². The van der Waals surface area contributed by atoms with Crippen molar-refractivity contribution in [2.45, 2.75) is 31.7 Å². The second kappa shape index (κ2) is 6.03. The van der Waals surface area contributed by atoms with Crippen molar-refractivity contribution in [2.24, 2.45) is 5.73 Å². The van der Waals surface area contributed by atoms with E-state index in [0.29, 0.717) is 24.3 Å². The first-order valence-electron chi connectivity index (χ1n) is 7.70. The van der Waals surface area contributed by atoms with Crippen LogP contribution in [0.4, 0.5) is 4.79 Å². The third kappa shape index (κ3) is 2.99. The number of imide groups is 1. The van der Waals surface area contributed by atoms with Crippen LogP contribution in [0.2, 0.25) is 0 Å². The predicted octanol–water partition coefficient (Wildman–Crippen LogP) is 0.534. The van der Waals surface area contributed by atoms with Gasteiger partial charge in [0.15, 0.2) is 11.5 Å². The van der Waals surface area contributed by atoms with Gasteiger partial charge in [0.1, 0.15) is 5.54 Å². The SMILES string of the molecule is C[C@@]1(CCc2ccc3c(c2)OCO3)NC(=O)N(CCC(N)=O)C1=O. The summed E-state index contributed by atoms with van der Waals surface area (Å²) in [5, 5.41) is 2.71. The molecule has 2 aliphatic rings. The number of fused-ring (bicyclic) bond motifs is 1. The summed E-state index contributed by atoms with van der Waals surface area (Å²) in [4.78, 5) is 36.4. The van der Waals surface area contributed by atoms with Crippen LogP contribution in [-0.4, -0.2) is 41.6 Å². The van der Waals surface area contributed by atoms with Gasteiger partial charge in [-0.2, -0.15) is 0 Å². The van der Waals surface area contributed by atoms with Crippen LogP contribution in [0.5, 0.6) is 11.5 Å². The minimum Gasteiger partial charge on any atom is -0.454 e. The van der Waals surface area contributed by atoms with E-state index in [1.165, 1.54) is 0 Å². The van der Waals surface area contributed by atoms with Gasteiger partial charge in [-0.1, -0.05) is 6.07 Å². The molecule has 2 heterocycles. The number of carbonyl (C=O) groups is 3. The van der Waals surface area contributed by atoms with Crippen molar-refractivity contribution in [1.29, 1.82) is 0 Å². The summed E-state index contributed by atoms with van der Waals surface area (Å²) in [7, 11) is 0. The Morgan fingerprint density at radius 1 is 1.33 bits per heavy atom. The van der Waals surface area contributed by atoms with Crippen molar-refractivity contribution in [3.05, 3.63) is 23.8 Å². The number of amides is 4. The van der Waals surface area contributed by atoms with Gasteiger partial charge < -0.3 is 20.5 Å². The Morgan fingerprint density at radius 3 is 2.83 bits per heavy atom. The molecule has 1 aromatic carbocycles. The van der Waals surface area contributed by atoms with Gasteiger partial charge in [0.05, 0.1) is 0 Å². The Morgan fingerprint density at radius 2 is 2.08 bits per heavy atom. The summed E-state index contributed by atoms with van der Waals surface area (Å²) in [6.45, 7) is 1.89. The molecule has 2 aliphatic heterocycles. The zero-order chi connectivity index (χ0) is 17.3. The molecule has 0 radical (unpaired) electrons. The maximum atomic E-state index is 12.5. The van der Waals surface area contributed by atoms with Crippen LogP contribution in [0.25, 0.3) is 0 Å². The number of ether oxygens (including phenoxy) is 2. The normalized spacial score (nSPS) is 22.0. The maximum Gasteiger partial charge on any atom is 0.325 e. The number of rotatable bonds is 6. The molecular weight excluding hydrogens is 314 g/mol. The smallest absolute Gasteiger partial charge is 0.325 e. The number of nitrogens with two attached hydrogens (primary N) is 1. The lowest BCUT2D eigenvalue weighted by atomic mass is 9.93. The predicted molar refractivity (Wildman–Crippen MR) is 83.3 cm³/mol. The minimum atomic E-state index is -0.995. The molecule has 3 N–H and O–H groups in total. The van der Waals surface area contributed by atoms with Crippen LogP contribution >= 0.6 is 0 Å². The Hall–Kier alpha value is -2.77. The fourth-order valence-electron chi connectivity index (χ4n) is 2.83. The molecule has 1 fully saturated rings. The highest BCUT2D eigenvalue weighted by molar-refractivity contribution is 6.07. The highest BCUT2D eigenvalue weighted by atomic mass is 16.7. The van der Waals surface area contributed by atoms with Gasteiger partial charge in [-0.3, -0.25) is 14.5 Å². The van der Waals surface area contributed by atoms with Gasteiger partial charge >= 0.3 is 6.03 Å². The average molecular weight is 333 g/mol. The van der Waals surface area contributed by atoms with Crippen LogP contribution in [-0.2, 0) is 16.0 Å². The molecule has 0 unspecified atom stereocenters. The van der Waals surface area contributed by atoms with Gasteiger partial charge in [-0.05, 0) is 37.5 Å². The third-order valence-corrected chi connectivity index (χ3v) is 4.28. The first-order valence-corrected chi connectivity index (χ1v) is 7.70. The number of primary amides is 1. The fourth-order valence-corrected chi connectivity index (χ4v) is 2.83. The second-order valence-corrected chi connectivity index (χ2v) is 6.12. The van der Waals surface area contributed by atoms with E-state index >= 15 is 0 Å². The van der Waals surface area contributed by atoms with E-state index in [2.05, 4.69) is 5.32 Å². The number of benzene rings is 1. The van der Waals surface area contributed by atoms with E-state index in [0.717, 1.165) is 10.5 Å². The van der Waals surface area contributed by atoms with Crippen molar-refractivity contribution in [3.8, 4) is 11.5 Å². The first-order chi connectivity index (χ1) is 11.4. The Kier molecular flexibility index (Phi) is 4.04. The molecular formula is C16H19N3O5. The van der Waals surface area contributed by atoms with E-state index < -0.39 is 17.5 Å². The van der Waals surface area contributed by atoms with Gasteiger partial charge in [-0.25, -0.2) is 4.79 Å². The van der Waals surface area contributed by atoms with Crippen molar-refractivity contribution >= 4 is 17.8 Å². The molecule has 1 saturated heterocycles. The molecule has 1 aromatic rings. The van der Waals surface area contributed by atoms with Crippen molar-refractivity contribution in [3.63, 3.8) is 0 Å². The number of hydrogen-bond donors (Lipinski definition) is 2. The molecule has 0 spiro atoms. The van der Waals surface area contributed by atoms with E-state index in [-0.39, 0.29) is 25.7 Å². The zero-order valence-corrected chi connectivity index (χ0v) is 13.3. The highest BCUT2D eigenvalue weighted by Gasteiger charge is 2.47. The van der Waals surface area contributed by atoms with E-state index in [1.54, 1.807) is 6.92 Å². The number of hydrogen-bond acceptors (Lipinski definition) is 5. The largest absolute Gasteiger partial charge is 0.454 e. The molecule has 0 aromatic heterocycles. The lowest BCUT2D eigenvalue weighted by molar-refractivity contribution is -0.131. The molecule has 0 saturated carbocycles. The summed E-state index contributed by atoms with van der Waals surface area (Å²) in [6, 6.07) is 5.11. The van der Waals surface area contributed by atoms with E-state index in [4.69, 9.17) is 15.2 Å². The fraction of sp³-hybridized carbons (Fsp3) is 0.438. The lowest BCUT2D eigenvalue weighted by Gasteiger charge is -2.21. The zero-order valence-electron chi connectivity index (χ0n) is 13.3. The summed E-state index contributed by atoms with van der Waals surface area (Å²) < 4.78 is 10.6. The average Bonchev–Trinajstić information content (AvgIpc) is 3.07. The number of nitrogens with zero attached hydrogens (tertiary/aromatic N) is 1. The third-order valence-electron chi connectivity index (χ3n) is 4.28. The van der Waals surface area contributed by atoms with Crippen LogP contribution in [0.1, 0.15) is 25.3 Å². The second-order valence-electron chi connectivity index (χ2n) is 6.12. The van der Waals surface area contributed by atoms with Crippen LogP contribution < -0.4 is 20.5 Å². The van der Waals surface area contributed by atoms with Gasteiger partial charge in [0, 0.05) is 13.0 Å². The number of carbonyl (C=O) groups excluding carboxylic acids is 3. The molecule has 4 amide bonds. The molecule has 0 aliphatic carbocycles. The number of nitrogens with one attached hydrogen (secondary N) is 1. The lowest BCUT2D eigenvalue weighted by Crippen LogP contribution is -2.44. The minimum absolute atomic E-state index is 0.000383.